The highest BCUT2D eigenvalue weighted by Crippen LogP contribution is 2.39. The monoisotopic (exact) mass is 415 g/mol. The Morgan fingerprint density at radius 3 is 3.11 bits per heavy atom. The van der Waals surface area contributed by atoms with Crippen LogP contribution in [-0.2, 0) is 4.79 Å². The van der Waals surface area contributed by atoms with Crippen LogP contribution in [0, 0.1) is 0 Å². The quantitative estimate of drug-likeness (QED) is 0.488. The molecule has 0 radical (unpaired) electrons. The van der Waals surface area contributed by atoms with Gasteiger partial charge in [-0.15, -0.1) is 0 Å². The average Bonchev–Trinajstić information content (AvgIpc) is 3.25. The molecule has 2 aliphatic heterocycles. The molecule has 0 spiro atoms. The van der Waals surface area contributed by atoms with Gasteiger partial charge in [0.05, 0.1) is 0 Å². The molecule has 2 aliphatic rings. The van der Waals surface area contributed by atoms with Gasteiger partial charge in [0.1, 0.15) is 0 Å². The van der Waals surface area contributed by atoms with Gasteiger partial charge in [-0.25, -0.2) is 0 Å². The molecule has 2 saturated heterocycles. The third kappa shape index (κ3) is 5.15. The summed E-state index contributed by atoms with van der Waals surface area (Å²) in [6, 6.07) is 8.67. The van der Waals surface area contributed by atoms with Gasteiger partial charge >= 0.3 is 0 Å². The zero-order valence-electron chi connectivity index (χ0n) is 16.3. The van der Waals surface area contributed by atoms with Crippen molar-refractivity contribution in [1.29, 1.82) is 0 Å². The number of benzene rings is 1. The third-order valence-corrected chi connectivity index (χ3v) is 8.72. The number of nitrogens with one attached hydrogen (secondary N) is 1. The maximum absolute atomic E-state index is 12.7. The van der Waals surface area contributed by atoms with Gasteiger partial charge in [0.2, 0.25) is 5.91 Å². The number of likely N-dealkylation sites (tertiary alicyclic amines) is 1. The van der Waals surface area contributed by atoms with Crippen molar-refractivity contribution in [3.05, 3.63) is 36.7 Å². The van der Waals surface area contributed by atoms with Crippen LogP contribution in [0.25, 0.3) is 10.8 Å². The number of unbranched alkanes of at least 4 members (excludes halogenated alkanes) is 1. The van der Waals surface area contributed by atoms with Gasteiger partial charge in [-0.05, 0) is 44.2 Å². The Labute approximate surface area is 175 Å². The Morgan fingerprint density at radius 1 is 1.25 bits per heavy atom. The number of aromatic nitrogens is 1. The maximum atomic E-state index is 12.7. The van der Waals surface area contributed by atoms with Crippen LogP contribution >= 0.6 is 21.6 Å². The van der Waals surface area contributed by atoms with Crippen molar-refractivity contribution in [2.75, 3.05) is 24.2 Å². The molecule has 0 bridgehead atoms. The molecular weight excluding hydrogens is 386 g/mol. The first-order valence-corrected chi connectivity index (χ1v) is 12.8. The molecule has 2 fully saturated rings. The number of nitrogens with zero attached hydrogens (tertiary/aromatic N) is 2. The van der Waals surface area contributed by atoms with E-state index in [0.717, 1.165) is 48.7 Å². The van der Waals surface area contributed by atoms with Gasteiger partial charge in [0.25, 0.3) is 0 Å². The zero-order chi connectivity index (χ0) is 19.2. The van der Waals surface area contributed by atoms with Crippen LogP contribution in [0.4, 0.5) is 5.69 Å². The summed E-state index contributed by atoms with van der Waals surface area (Å²) in [5, 5.41) is 6.85. The van der Waals surface area contributed by atoms with E-state index in [9.17, 15) is 4.79 Å². The van der Waals surface area contributed by atoms with E-state index in [1.165, 1.54) is 30.4 Å². The largest absolute Gasteiger partial charge is 0.380 e. The van der Waals surface area contributed by atoms with Crippen molar-refractivity contribution in [3.8, 4) is 0 Å². The van der Waals surface area contributed by atoms with Crippen LogP contribution < -0.4 is 5.32 Å². The molecule has 4 nitrogen and oxygen atoms in total. The molecule has 1 N–H and O–H groups in total. The fraction of sp³-hybridized carbons (Fsp3) is 0.545. The number of piperidine rings is 1. The second-order valence-electron chi connectivity index (χ2n) is 7.80. The molecule has 4 rings (SSSR count). The minimum absolute atomic E-state index is 0.323. The van der Waals surface area contributed by atoms with Crippen LogP contribution in [0.3, 0.4) is 0 Å². The highest BCUT2D eigenvalue weighted by molar-refractivity contribution is 8.77. The van der Waals surface area contributed by atoms with E-state index < -0.39 is 0 Å². The van der Waals surface area contributed by atoms with Crippen molar-refractivity contribution in [1.82, 2.24) is 9.88 Å². The summed E-state index contributed by atoms with van der Waals surface area (Å²) in [6.07, 6.45) is 11.5. The molecule has 0 aliphatic carbocycles. The van der Waals surface area contributed by atoms with E-state index in [2.05, 4.69) is 39.5 Å². The third-order valence-electron chi connectivity index (χ3n) is 5.71. The summed E-state index contributed by atoms with van der Waals surface area (Å²) in [5.74, 6) is 1.63. The lowest BCUT2D eigenvalue weighted by Crippen LogP contribution is -2.45. The average molecular weight is 416 g/mol. The van der Waals surface area contributed by atoms with Crippen LogP contribution in [0.5, 0.6) is 0 Å². The molecule has 2 atom stereocenters. The normalized spacial score (nSPS) is 22.5. The van der Waals surface area contributed by atoms with Crippen LogP contribution in [0.15, 0.2) is 36.7 Å². The minimum atomic E-state index is 0.323. The van der Waals surface area contributed by atoms with Crippen LogP contribution in [-0.4, -0.2) is 45.9 Å². The van der Waals surface area contributed by atoms with Gasteiger partial charge in [0, 0.05) is 65.4 Å². The zero-order valence-corrected chi connectivity index (χ0v) is 17.9. The fourth-order valence-corrected chi connectivity index (χ4v) is 7.19. The SMILES string of the molecule is O=C(CCCCC1CCSS1)N1CCCC(Nc2cccc3cnccc23)C1. The maximum Gasteiger partial charge on any atom is 0.222 e. The summed E-state index contributed by atoms with van der Waals surface area (Å²) in [5.41, 5.74) is 1.14. The Bertz CT molecular complexity index is 789. The number of carbonyl (C=O) groups is 1. The molecule has 3 heterocycles. The summed E-state index contributed by atoms with van der Waals surface area (Å²) in [4.78, 5) is 19.0. The smallest absolute Gasteiger partial charge is 0.222 e. The summed E-state index contributed by atoms with van der Waals surface area (Å²) in [7, 11) is 4.04. The first-order valence-electron chi connectivity index (χ1n) is 10.4. The Hall–Kier alpha value is -1.40. The highest BCUT2D eigenvalue weighted by Gasteiger charge is 2.24. The van der Waals surface area contributed by atoms with Crippen molar-refractivity contribution in [2.45, 2.75) is 56.2 Å². The van der Waals surface area contributed by atoms with Crippen molar-refractivity contribution < 1.29 is 4.79 Å². The van der Waals surface area contributed by atoms with Gasteiger partial charge in [0.15, 0.2) is 0 Å². The lowest BCUT2D eigenvalue weighted by atomic mass is 10.0. The number of hydrogen-bond acceptors (Lipinski definition) is 5. The predicted octanol–water partition coefficient (Wildman–Crippen LogP) is 5.35. The number of amides is 1. The first-order chi connectivity index (χ1) is 13.8. The summed E-state index contributed by atoms with van der Waals surface area (Å²) < 4.78 is 0. The number of anilines is 1. The van der Waals surface area contributed by atoms with Crippen molar-refractivity contribution in [3.63, 3.8) is 0 Å². The molecule has 6 heteroatoms. The number of pyridine rings is 1. The second-order valence-corrected chi connectivity index (χ2v) is 10.6. The van der Waals surface area contributed by atoms with Gasteiger partial charge in [-0.3, -0.25) is 9.78 Å². The summed E-state index contributed by atoms with van der Waals surface area (Å²) in [6.45, 7) is 1.72. The van der Waals surface area contributed by atoms with E-state index in [1.54, 1.807) is 0 Å². The van der Waals surface area contributed by atoms with Gasteiger partial charge < -0.3 is 10.2 Å². The number of hydrogen-bond donors (Lipinski definition) is 1. The molecule has 1 aromatic carbocycles. The molecule has 2 aromatic rings. The van der Waals surface area contributed by atoms with Gasteiger partial charge in [-0.1, -0.05) is 40.1 Å². The Balaban J connectivity index is 1.27. The summed E-state index contributed by atoms with van der Waals surface area (Å²) >= 11 is 0. The second kappa shape index (κ2) is 9.88. The molecular formula is C22H29N3OS2. The highest BCUT2D eigenvalue weighted by atomic mass is 33.1. The molecule has 150 valence electrons. The molecule has 1 amide bonds. The van der Waals surface area contributed by atoms with Crippen molar-refractivity contribution in [2.24, 2.45) is 0 Å². The lowest BCUT2D eigenvalue weighted by molar-refractivity contribution is -0.132. The first kappa shape index (κ1) is 19.9. The van der Waals surface area contributed by atoms with E-state index >= 15 is 0 Å². The number of carbonyl (C=O) groups excluding carboxylic acids is 1. The molecule has 28 heavy (non-hydrogen) atoms. The lowest BCUT2D eigenvalue weighted by Gasteiger charge is -2.34. The fourth-order valence-electron chi connectivity index (χ4n) is 4.16. The molecule has 2 unspecified atom stereocenters. The van der Waals surface area contributed by atoms with Crippen molar-refractivity contribution >= 4 is 44.0 Å². The molecule has 0 saturated carbocycles. The van der Waals surface area contributed by atoms with Crippen LogP contribution in [0.1, 0.15) is 44.9 Å². The van der Waals surface area contributed by atoms with E-state index in [-0.39, 0.29) is 0 Å². The van der Waals surface area contributed by atoms with E-state index in [1.807, 2.05) is 34.0 Å². The Kier molecular flexibility index (Phi) is 7.02. The number of rotatable bonds is 7. The number of fused-ring (bicyclic) bond motifs is 1. The van der Waals surface area contributed by atoms with E-state index in [4.69, 9.17) is 0 Å². The van der Waals surface area contributed by atoms with Crippen LogP contribution in [0.2, 0.25) is 0 Å². The minimum Gasteiger partial charge on any atom is -0.380 e. The molecule has 1 aromatic heterocycles. The Morgan fingerprint density at radius 2 is 2.21 bits per heavy atom. The van der Waals surface area contributed by atoms with Gasteiger partial charge in [-0.2, -0.15) is 0 Å². The standard InChI is InChI=1S/C22H29N3OS2/c26-22(9-2-1-7-19-11-14-27-28-19)25-13-4-6-18(16-25)24-21-8-3-5-17-15-23-12-10-20(17)21/h3,5,8,10,12,15,18-19,24H,1-2,4,6-7,9,11,13-14,16H2. The predicted molar refractivity (Wildman–Crippen MR) is 122 cm³/mol. The topological polar surface area (TPSA) is 45.2 Å². The van der Waals surface area contributed by atoms with E-state index in [0.29, 0.717) is 18.4 Å².